The number of likely N-dealkylation sites (N-methyl/N-ethyl adjacent to an activating group) is 1. The molecule has 6 rings (SSSR count). The Morgan fingerprint density at radius 3 is 2.78 bits per heavy atom. The molecule has 0 radical (unpaired) electrons. The van der Waals surface area contributed by atoms with Crippen LogP contribution in [0.25, 0.3) is 50.0 Å². The highest BCUT2D eigenvalue weighted by Gasteiger charge is 2.17. The van der Waals surface area contributed by atoms with Gasteiger partial charge in [0.2, 0.25) is 0 Å². The zero-order valence-corrected chi connectivity index (χ0v) is 20.8. The first-order chi connectivity index (χ1) is 18.0. The van der Waals surface area contributed by atoms with Gasteiger partial charge in [-0.1, -0.05) is 6.08 Å². The zero-order chi connectivity index (χ0) is 25.4. The molecule has 0 bridgehead atoms. The van der Waals surface area contributed by atoms with E-state index in [1.807, 2.05) is 37.3 Å². The lowest BCUT2D eigenvalue weighted by Crippen LogP contribution is -2.20. The number of rotatable bonds is 7. The van der Waals surface area contributed by atoms with Gasteiger partial charge in [-0.25, -0.2) is 9.37 Å². The van der Waals surface area contributed by atoms with Crippen molar-refractivity contribution in [2.45, 2.75) is 6.42 Å². The van der Waals surface area contributed by atoms with E-state index in [0.717, 1.165) is 70.5 Å². The third-order valence-corrected chi connectivity index (χ3v) is 6.64. The first kappa shape index (κ1) is 23.3. The number of ether oxygens (including phenoxy) is 1. The van der Waals surface area contributed by atoms with E-state index in [2.05, 4.69) is 42.6 Å². The van der Waals surface area contributed by atoms with Gasteiger partial charge in [0.1, 0.15) is 23.9 Å². The number of hydrogen-bond acceptors (Lipinski definition) is 6. The normalized spacial score (nSPS) is 14.0. The smallest absolute Gasteiger partial charge is 0.155 e. The third-order valence-electron chi connectivity index (χ3n) is 6.64. The second-order valence-corrected chi connectivity index (χ2v) is 9.53. The summed E-state index contributed by atoms with van der Waals surface area (Å²) in [6.45, 7) is 3.04. The fourth-order valence-corrected chi connectivity index (χ4v) is 4.73. The molecule has 0 unspecified atom stereocenters. The third kappa shape index (κ3) is 4.71. The van der Waals surface area contributed by atoms with Gasteiger partial charge in [-0.2, -0.15) is 5.10 Å². The lowest BCUT2D eigenvalue weighted by Gasteiger charge is -2.13. The molecule has 0 fully saturated rings. The van der Waals surface area contributed by atoms with Crippen molar-refractivity contribution in [3.05, 3.63) is 66.4 Å². The van der Waals surface area contributed by atoms with E-state index < -0.39 is 0 Å². The van der Waals surface area contributed by atoms with Crippen LogP contribution in [0.4, 0.5) is 4.39 Å². The van der Waals surface area contributed by atoms with Crippen LogP contribution in [0.2, 0.25) is 0 Å². The number of nitrogens with zero attached hydrogens (tertiary/aromatic N) is 4. The van der Waals surface area contributed by atoms with Crippen LogP contribution in [0.15, 0.2) is 55.0 Å². The van der Waals surface area contributed by atoms with Crippen LogP contribution in [0.3, 0.4) is 0 Å². The number of H-pyrrole nitrogens is 2. The van der Waals surface area contributed by atoms with Crippen molar-refractivity contribution < 1.29 is 9.13 Å². The Hall–Kier alpha value is -4.08. The molecule has 37 heavy (non-hydrogen) atoms. The number of aromatic nitrogens is 5. The molecule has 0 saturated heterocycles. The summed E-state index contributed by atoms with van der Waals surface area (Å²) < 4.78 is 20.4. The summed E-state index contributed by atoms with van der Waals surface area (Å²) in [5.74, 6) is 0.142. The summed E-state index contributed by atoms with van der Waals surface area (Å²) in [7, 11) is 3.95. The monoisotopic (exact) mass is 497 g/mol. The van der Waals surface area contributed by atoms with Crippen LogP contribution in [0.5, 0.6) is 5.75 Å². The highest BCUT2D eigenvalue weighted by atomic mass is 19.1. The van der Waals surface area contributed by atoms with Crippen molar-refractivity contribution in [2.24, 2.45) is 0 Å². The van der Waals surface area contributed by atoms with Gasteiger partial charge in [0, 0.05) is 47.9 Å². The van der Waals surface area contributed by atoms with Gasteiger partial charge in [-0.15, -0.1) is 0 Å². The van der Waals surface area contributed by atoms with Gasteiger partial charge in [0.25, 0.3) is 0 Å². The molecule has 1 aromatic carbocycles. The van der Waals surface area contributed by atoms with Crippen molar-refractivity contribution in [1.29, 1.82) is 0 Å². The molecule has 0 atom stereocenters. The van der Waals surface area contributed by atoms with Crippen molar-refractivity contribution in [3.8, 4) is 28.3 Å². The maximum absolute atomic E-state index is 14.5. The molecule has 8 nitrogen and oxygen atoms in total. The van der Waals surface area contributed by atoms with E-state index in [4.69, 9.17) is 4.74 Å². The van der Waals surface area contributed by atoms with Crippen molar-refractivity contribution in [3.63, 3.8) is 0 Å². The molecule has 5 heterocycles. The van der Waals surface area contributed by atoms with Gasteiger partial charge in [0.05, 0.1) is 17.4 Å². The Balaban J connectivity index is 1.39. The Morgan fingerprint density at radius 1 is 1.03 bits per heavy atom. The molecule has 0 spiro atoms. The molecular formula is C28H28FN7O. The lowest BCUT2D eigenvalue weighted by atomic mass is 10.0. The largest absolute Gasteiger partial charge is 0.492 e. The standard InChI is InChI=1S/C28H28FN7O/c1-36(2)7-8-37-21-10-18(9-20(29)12-21)24-15-31-16-26-22(24)13-25(33-26)27-23-11-19(14-32-28(23)35-34-27)17-3-5-30-6-4-17/h3,9-16,30,33H,4-8H2,1-2H3,(H,32,34,35). The quantitative estimate of drug-likeness (QED) is 0.304. The first-order valence-electron chi connectivity index (χ1n) is 12.3. The summed E-state index contributed by atoms with van der Waals surface area (Å²) in [5, 5.41) is 12.8. The van der Waals surface area contributed by atoms with E-state index in [9.17, 15) is 4.39 Å². The maximum atomic E-state index is 14.5. The van der Waals surface area contributed by atoms with Crippen molar-refractivity contribution in [2.75, 3.05) is 40.3 Å². The summed E-state index contributed by atoms with van der Waals surface area (Å²) in [6, 6.07) is 8.96. The number of halogens is 1. The number of fused-ring (bicyclic) bond motifs is 2. The number of pyridine rings is 2. The van der Waals surface area contributed by atoms with E-state index in [1.165, 1.54) is 17.7 Å². The van der Waals surface area contributed by atoms with E-state index in [-0.39, 0.29) is 5.82 Å². The number of aromatic amines is 2. The predicted octanol–water partition coefficient (Wildman–Crippen LogP) is 4.62. The van der Waals surface area contributed by atoms with E-state index in [0.29, 0.717) is 17.9 Å². The van der Waals surface area contributed by atoms with Crippen LogP contribution < -0.4 is 10.1 Å². The minimum absolute atomic E-state index is 0.353. The minimum atomic E-state index is -0.353. The van der Waals surface area contributed by atoms with E-state index in [1.54, 1.807) is 12.4 Å². The molecule has 0 aliphatic carbocycles. The molecular weight excluding hydrogens is 469 g/mol. The summed E-state index contributed by atoms with van der Waals surface area (Å²) in [6.07, 6.45) is 8.61. The van der Waals surface area contributed by atoms with Gasteiger partial charge in [-0.3, -0.25) is 10.1 Å². The molecule has 1 aliphatic heterocycles. The first-order valence-corrected chi connectivity index (χ1v) is 12.3. The maximum Gasteiger partial charge on any atom is 0.155 e. The molecule has 4 aromatic heterocycles. The van der Waals surface area contributed by atoms with Crippen molar-refractivity contribution in [1.82, 2.24) is 35.4 Å². The van der Waals surface area contributed by atoms with Gasteiger partial charge in [0.15, 0.2) is 5.65 Å². The minimum Gasteiger partial charge on any atom is -0.492 e. The lowest BCUT2D eigenvalue weighted by molar-refractivity contribution is 0.260. The fraction of sp³-hybridized carbons (Fsp3) is 0.250. The molecule has 0 amide bonds. The summed E-state index contributed by atoms with van der Waals surface area (Å²) in [5.41, 5.74) is 7.12. The average molecular weight is 498 g/mol. The average Bonchev–Trinajstić information content (AvgIpc) is 3.52. The Labute approximate surface area is 213 Å². The Morgan fingerprint density at radius 2 is 1.95 bits per heavy atom. The van der Waals surface area contributed by atoms with Crippen LogP contribution in [0.1, 0.15) is 12.0 Å². The summed E-state index contributed by atoms with van der Waals surface area (Å²) >= 11 is 0. The van der Waals surface area contributed by atoms with Crippen LogP contribution in [-0.4, -0.2) is 70.4 Å². The SMILES string of the molecule is CN(C)CCOc1cc(F)cc(-c2cncc3[nH]c(-c4n[nH]c5ncc(C6=CCNCC6)cc45)cc23)c1. The molecule has 5 aromatic rings. The van der Waals surface area contributed by atoms with Crippen LogP contribution in [-0.2, 0) is 0 Å². The number of hydrogen-bond donors (Lipinski definition) is 3. The van der Waals surface area contributed by atoms with Crippen molar-refractivity contribution >= 4 is 27.5 Å². The highest BCUT2D eigenvalue weighted by Crippen LogP contribution is 2.35. The molecule has 0 saturated carbocycles. The van der Waals surface area contributed by atoms with Gasteiger partial charge >= 0.3 is 0 Å². The fourth-order valence-electron chi connectivity index (χ4n) is 4.73. The molecule has 9 heteroatoms. The van der Waals surface area contributed by atoms with Crippen LogP contribution >= 0.6 is 0 Å². The molecule has 3 N–H and O–H groups in total. The zero-order valence-electron chi connectivity index (χ0n) is 20.8. The van der Waals surface area contributed by atoms with Gasteiger partial charge in [-0.05, 0) is 68.0 Å². The predicted molar refractivity (Wildman–Crippen MR) is 144 cm³/mol. The van der Waals surface area contributed by atoms with Crippen LogP contribution in [0, 0.1) is 5.82 Å². The number of nitrogens with one attached hydrogen (secondary N) is 3. The topological polar surface area (TPSA) is 94.8 Å². The Bertz CT molecular complexity index is 1620. The molecule has 188 valence electrons. The second kappa shape index (κ2) is 9.76. The molecule has 1 aliphatic rings. The highest BCUT2D eigenvalue weighted by molar-refractivity contribution is 6.00. The second-order valence-electron chi connectivity index (χ2n) is 9.53. The Kier molecular flexibility index (Phi) is 6.15. The summed E-state index contributed by atoms with van der Waals surface area (Å²) in [4.78, 5) is 14.5. The number of benzene rings is 1. The van der Waals surface area contributed by atoms with Gasteiger partial charge < -0.3 is 19.9 Å². The van der Waals surface area contributed by atoms with E-state index >= 15 is 0 Å².